The number of hydrogen-bond donors (Lipinski definition) is 1. The fraction of sp³-hybridized carbons (Fsp3) is 0.412. The van der Waals surface area contributed by atoms with Crippen molar-refractivity contribution in [3.05, 3.63) is 39.4 Å². The number of nitrogens with one attached hydrogen (secondary N) is 1. The molecule has 0 atom stereocenters. The number of likely N-dealkylation sites (tertiary alicyclic amines) is 1. The minimum Gasteiger partial charge on any atom is -0.308 e. The van der Waals surface area contributed by atoms with Crippen molar-refractivity contribution in [1.82, 2.24) is 14.9 Å². The Hall–Kier alpha value is -1.43. The molecule has 0 spiro atoms. The van der Waals surface area contributed by atoms with Crippen LogP contribution < -0.4 is 5.56 Å². The topological polar surface area (TPSA) is 49.0 Å². The second kappa shape index (κ2) is 6.23. The first-order chi connectivity index (χ1) is 11.2. The number of fused-ring (bicyclic) bond motifs is 3. The molecule has 0 radical (unpaired) electrons. The highest BCUT2D eigenvalue weighted by Crippen LogP contribution is 2.32. The molecule has 23 heavy (non-hydrogen) atoms. The van der Waals surface area contributed by atoms with Crippen molar-refractivity contribution in [3.8, 4) is 0 Å². The first kappa shape index (κ1) is 15.1. The van der Waals surface area contributed by atoms with Crippen LogP contribution in [0.5, 0.6) is 0 Å². The summed E-state index contributed by atoms with van der Waals surface area (Å²) in [7, 11) is 0. The lowest BCUT2D eigenvalue weighted by Crippen LogP contribution is -2.26. The van der Waals surface area contributed by atoms with Crippen LogP contribution in [0.1, 0.15) is 31.5 Å². The molecule has 6 heteroatoms. The fourth-order valence-electron chi connectivity index (χ4n) is 3.25. The molecule has 2 aromatic heterocycles. The number of thiophene rings is 1. The maximum atomic E-state index is 12.4. The maximum Gasteiger partial charge on any atom is 0.268 e. The third-order valence-corrected chi connectivity index (χ3v) is 5.80. The molecular weight excluding hydrogens is 330 g/mol. The van der Waals surface area contributed by atoms with E-state index < -0.39 is 0 Å². The van der Waals surface area contributed by atoms with E-state index in [2.05, 4.69) is 9.88 Å². The van der Waals surface area contributed by atoms with Crippen LogP contribution in [0.15, 0.2) is 23.0 Å². The fourth-order valence-corrected chi connectivity index (χ4v) is 4.44. The zero-order valence-corrected chi connectivity index (χ0v) is 14.3. The largest absolute Gasteiger partial charge is 0.308 e. The number of aromatic nitrogens is 2. The quantitative estimate of drug-likeness (QED) is 0.757. The highest BCUT2D eigenvalue weighted by Gasteiger charge is 2.15. The summed E-state index contributed by atoms with van der Waals surface area (Å²) in [5.74, 6) is 0.754. The van der Waals surface area contributed by atoms with Gasteiger partial charge < -0.3 is 4.98 Å². The van der Waals surface area contributed by atoms with Crippen LogP contribution in [0.2, 0.25) is 5.02 Å². The SMILES string of the molecule is O=c1[nH]c(CN2CCCCCC2)nc2c1sc1ccc(Cl)cc12. The molecule has 0 saturated carbocycles. The lowest BCUT2D eigenvalue weighted by atomic mass is 10.2. The van der Waals surface area contributed by atoms with Gasteiger partial charge >= 0.3 is 0 Å². The summed E-state index contributed by atoms with van der Waals surface area (Å²) in [6, 6.07) is 5.71. The van der Waals surface area contributed by atoms with Crippen LogP contribution in [0.25, 0.3) is 20.3 Å². The van der Waals surface area contributed by atoms with Crippen LogP contribution in [0.4, 0.5) is 0 Å². The summed E-state index contributed by atoms with van der Waals surface area (Å²) >= 11 is 7.59. The van der Waals surface area contributed by atoms with E-state index in [9.17, 15) is 4.79 Å². The molecule has 1 aliphatic heterocycles. The van der Waals surface area contributed by atoms with Gasteiger partial charge in [-0.25, -0.2) is 4.98 Å². The van der Waals surface area contributed by atoms with Crippen LogP contribution >= 0.6 is 22.9 Å². The highest BCUT2D eigenvalue weighted by atomic mass is 35.5. The van der Waals surface area contributed by atoms with Crippen molar-refractivity contribution in [2.75, 3.05) is 13.1 Å². The Morgan fingerprint density at radius 1 is 1.22 bits per heavy atom. The van der Waals surface area contributed by atoms with Crippen LogP contribution in [-0.4, -0.2) is 28.0 Å². The molecule has 0 aliphatic carbocycles. The van der Waals surface area contributed by atoms with Crippen molar-refractivity contribution >= 4 is 43.2 Å². The van der Waals surface area contributed by atoms with Gasteiger partial charge in [0.05, 0.1) is 12.1 Å². The smallest absolute Gasteiger partial charge is 0.268 e. The maximum absolute atomic E-state index is 12.4. The van der Waals surface area contributed by atoms with Gasteiger partial charge in [-0.05, 0) is 44.1 Å². The van der Waals surface area contributed by atoms with Crippen molar-refractivity contribution in [2.24, 2.45) is 0 Å². The Kier molecular flexibility index (Phi) is 4.09. The monoisotopic (exact) mass is 347 g/mol. The molecule has 0 unspecified atom stereocenters. The Morgan fingerprint density at radius 3 is 2.78 bits per heavy atom. The molecule has 0 bridgehead atoms. The van der Waals surface area contributed by atoms with Gasteiger partial charge in [-0.1, -0.05) is 24.4 Å². The Labute approximate surface area is 143 Å². The molecule has 4 rings (SSSR count). The van der Waals surface area contributed by atoms with E-state index in [1.165, 1.54) is 37.0 Å². The number of rotatable bonds is 2. The van der Waals surface area contributed by atoms with Gasteiger partial charge in [0.2, 0.25) is 0 Å². The van der Waals surface area contributed by atoms with Gasteiger partial charge in [0, 0.05) is 15.1 Å². The van der Waals surface area contributed by atoms with Crippen molar-refractivity contribution in [2.45, 2.75) is 32.2 Å². The summed E-state index contributed by atoms with van der Waals surface area (Å²) in [4.78, 5) is 22.5. The predicted octanol–water partition coefficient (Wildman–Crippen LogP) is 4.17. The first-order valence-corrected chi connectivity index (χ1v) is 9.23. The second-order valence-electron chi connectivity index (χ2n) is 6.12. The number of hydrogen-bond acceptors (Lipinski definition) is 4. The molecule has 1 aromatic carbocycles. The van der Waals surface area contributed by atoms with Crippen LogP contribution in [-0.2, 0) is 6.54 Å². The summed E-state index contributed by atoms with van der Waals surface area (Å²) in [6.45, 7) is 2.87. The van der Waals surface area contributed by atoms with E-state index in [4.69, 9.17) is 16.6 Å². The molecule has 3 aromatic rings. The van der Waals surface area contributed by atoms with Crippen LogP contribution in [0, 0.1) is 0 Å². The Balaban J connectivity index is 1.77. The molecule has 0 amide bonds. The zero-order chi connectivity index (χ0) is 15.8. The van der Waals surface area contributed by atoms with E-state index in [0.717, 1.165) is 34.5 Å². The molecule has 4 nitrogen and oxygen atoms in total. The lowest BCUT2D eigenvalue weighted by Gasteiger charge is -2.18. The predicted molar refractivity (Wildman–Crippen MR) is 96.5 cm³/mol. The number of nitrogens with zero attached hydrogens (tertiary/aromatic N) is 2. The average molecular weight is 348 g/mol. The first-order valence-electron chi connectivity index (χ1n) is 8.04. The summed E-state index contributed by atoms with van der Waals surface area (Å²) in [6.07, 6.45) is 5.05. The van der Waals surface area contributed by atoms with Crippen molar-refractivity contribution in [3.63, 3.8) is 0 Å². The number of halogens is 1. The highest BCUT2D eigenvalue weighted by molar-refractivity contribution is 7.25. The minimum absolute atomic E-state index is 0.0443. The van der Waals surface area contributed by atoms with Gasteiger partial charge in [0.15, 0.2) is 0 Å². The summed E-state index contributed by atoms with van der Waals surface area (Å²) in [5.41, 5.74) is 0.734. The minimum atomic E-state index is -0.0443. The van der Waals surface area contributed by atoms with Gasteiger partial charge in [0.25, 0.3) is 5.56 Å². The summed E-state index contributed by atoms with van der Waals surface area (Å²) in [5, 5.41) is 1.65. The second-order valence-corrected chi connectivity index (χ2v) is 7.61. The van der Waals surface area contributed by atoms with E-state index in [1.807, 2.05) is 18.2 Å². The van der Waals surface area contributed by atoms with Gasteiger partial charge in [-0.3, -0.25) is 9.69 Å². The van der Waals surface area contributed by atoms with Crippen molar-refractivity contribution in [1.29, 1.82) is 0 Å². The van der Waals surface area contributed by atoms with Gasteiger partial charge in [-0.15, -0.1) is 11.3 Å². The molecule has 1 N–H and O–H groups in total. The van der Waals surface area contributed by atoms with E-state index >= 15 is 0 Å². The van der Waals surface area contributed by atoms with E-state index in [1.54, 1.807) is 0 Å². The van der Waals surface area contributed by atoms with E-state index in [-0.39, 0.29) is 5.56 Å². The average Bonchev–Trinajstić information content (AvgIpc) is 2.71. The number of H-pyrrole nitrogens is 1. The van der Waals surface area contributed by atoms with Crippen LogP contribution in [0.3, 0.4) is 0 Å². The molecule has 1 aliphatic rings. The zero-order valence-electron chi connectivity index (χ0n) is 12.8. The Bertz CT molecular complexity index is 909. The molecule has 3 heterocycles. The van der Waals surface area contributed by atoms with E-state index in [0.29, 0.717) is 16.3 Å². The number of aromatic amines is 1. The molecule has 1 saturated heterocycles. The van der Waals surface area contributed by atoms with Gasteiger partial charge in [-0.2, -0.15) is 0 Å². The van der Waals surface area contributed by atoms with Gasteiger partial charge in [0.1, 0.15) is 10.5 Å². The Morgan fingerprint density at radius 2 is 2.00 bits per heavy atom. The molecular formula is C17H18ClN3OS. The molecule has 1 fully saturated rings. The standard InChI is InChI=1S/C17H18ClN3OS/c18-11-5-6-13-12(9-11)15-16(23-13)17(22)20-14(19-15)10-21-7-3-1-2-4-8-21/h5-6,9H,1-4,7-8,10H2,(H,19,20,22). The molecule has 120 valence electrons. The summed E-state index contributed by atoms with van der Waals surface area (Å²) < 4.78 is 1.73. The third kappa shape index (κ3) is 3.01. The third-order valence-electron chi connectivity index (χ3n) is 4.41. The lowest BCUT2D eigenvalue weighted by molar-refractivity contribution is 0.270. The number of benzene rings is 1. The normalized spacial score (nSPS) is 16.9. The van der Waals surface area contributed by atoms with Crippen molar-refractivity contribution < 1.29 is 0 Å².